The first-order valence-electron chi connectivity index (χ1n) is 9.46. The maximum absolute atomic E-state index is 13.1. The number of anilines is 1. The fourth-order valence-corrected chi connectivity index (χ4v) is 4.47. The van der Waals surface area contributed by atoms with Crippen LogP contribution in [0, 0.1) is 0 Å². The second kappa shape index (κ2) is 8.40. The number of carbonyl (C=O) groups is 2. The zero-order chi connectivity index (χ0) is 20.4. The molecule has 8 nitrogen and oxygen atoms in total. The van der Waals surface area contributed by atoms with E-state index in [1.54, 1.807) is 19.1 Å². The monoisotopic (exact) mass is 405 g/mol. The van der Waals surface area contributed by atoms with Crippen molar-refractivity contribution in [2.24, 2.45) is 0 Å². The van der Waals surface area contributed by atoms with E-state index in [-0.39, 0.29) is 17.9 Å². The number of hydrogen-bond donors (Lipinski definition) is 1. The van der Waals surface area contributed by atoms with Gasteiger partial charge in [0.1, 0.15) is 0 Å². The standard InChI is InChI=1S/C19H27N5O3S/c1-11(2)24-16-13(15(22-24)18(26)23(4)9-10-27-5)7-6-8-14-17(16)28-19(21-14)20-12(3)25/h11H,6-10H2,1-5H3,(H,20,21,25). The molecule has 0 aromatic carbocycles. The maximum atomic E-state index is 13.1. The molecule has 2 aromatic rings. The van der Waals surface area contributed by atoms with Gasteiger partial charge in [-0.15, -0.1) is 0 Å². The molecule has 2 amide bonds. The van der Waals surface area contributed by atoms with Gasteiger partial charge in [0.2, 0.25) is 5.91 Å². The fourth-order valence-electron chi connectivity index (χ4n) is 3.35. The summed E-state index contributed by atoms with van der Waals surface area (Å²) in [5.74, 6) is -0.236. The highest BCUT2D eigenvalue weighted by Crippen LogP contribution is 2.41. The summed E-state index contributed by atoms with van der Waals surface area (Å²) in [4.78, 5) is 31.8. The van der Waals surface area contributed by atoms with Crippen molar-refractivity contribution in [3.8, 4) is 10.6 Å². The lowest BCUT2D eigenvalue weighted by Crippen LogP contribution is -2.31. The van der Waals surface area contributed by atoms with E-state index >= 15 is 0 Å². The molecule has 0 radical (unpaired) electrons. The number of rotatable bonds is 6. The number of methoxy groups -OCH3 is 1. The minimum absolute atomic E-state index is 0.0943. The van der Waals surface area contributed by atoms with E-state index < -0.39 is 0 Å². The zero-order valence-electron chi connectivity index (χ0n) is 17.0. The molecule has 0 saturated carbocycles. The van der Waals surface area contributed by atoms with Crippen LogP contribution in [0.1, 0.15) is 55.0 Å². The number of hydrogen-bond acceptors (Lipinski definition) is 6. The lowest BCUT2D eigenvalue weighted by Gasteiger charge is -2.16. The van der Waals surface area contributed by atoms with Crippen molar-refractivity contribution in [2.75, 3.05) is 32.6 Å². The summed E-state index contributed by atoms with van der Waals surface area (Å²) in [5, 5.41) is 8.08. The van der Waals surface area contributed by atoms with Crippen LogP contribution in [0.15, 0.2) is 0 Å². The number of likely N-dealkylation sites (N-methyl/N-ethyl adjacent to an activating group) is 1. The van der Waals surface area contributed by atoms with Crippen LogP contribution in [0.2, 0.25) is 0 Å². The third kappa shape index (κ3) is 3.95. The fraction of sp³-hybridized carbons (Fsp3) is 0.579. The normalized spacial score (nSPS) is 13.1. The Kier molecular flexibility index (Phi) is 6.14. The highest BCUT2D eigenvalue weighted by atomic mass is 32.1. The Balaban J connectivity index is 2.09. The average molecular weight is 406 g/mol. The molecule has 1 aliphatic rings. The van der Waals surface area contributed by atoms with E-state index in [1.165, 1.54) is 18.3 Å². The Morgan fingerprint density at radius 2 is 2.11 bits per heavy atom. The van der Waals surface area contributed by atoms with Gasteiger partial charge < -0.3 is 15.0 Å². The van der Waals surface area contributed by atoms with Crippen LogP contribution < -0.4 is 5.32 Å². The molecule has 0 bridgehead atoms. The van der Waals surface area contributed by atoms with Crippen molar-refractivity contribution >= 4 is 28.3 Å². The summed E-state index contributed by atoms with van der Waals surface area (Å²) in [6.07, 6.45) is 2.47. The average Bonchev–Trinajstić information content (AvgIpc) is 3.15. The molecule has 2 aromatic heterocycles. The van der Waals surface area contributed by atoms with Crippen molar-refractivity contribution in [2.45, 2.75) is 46.1 Å². The number of ether oxygens (including phenoxy) is 1. The summed E-state index contributed by atoms with van der Waals surface area (Å²) < 4.78 is 7.02. The number of nitrogens with one attached hydrogen (secondary N) is 1. The van der Waals surface area contributed by atoms with Crippen LogP contribution in [0.5, 0.6) is 0 Å². The van der Waals surface area contributed by atoms with Crippen molar-refractivity contribution in [3.63, 3.8) is 0 Å². The molecule has 0 atom stereocenters. The van der Waals surface area contributed by atoms with Crippen molar-refractivity contribution in [3.05, 3.63) is 17.0 Å². The topological polar surface area (TPSA) is 89.3 Å². The number of amides is 2. The minimum Gasteiger partial charge on any atom is -0.383 e. The summed E-state index contributed by atoms with van der Waals surface area (Å²) in [6.45, 7) is 6.57. The Hall–Kier alpha value is -2.26. The van der Waals surface area contributed by atoms with Crippen LogP contribution in [-0.2, 0) is 22.4 Å². The molecule has 0 saturated heterocycles. The van der Waals surface area contributed by atoms with Gasteiger partial charge in [0.05, 0.1) is 22.9 Å². The second-order valence-corrected chi connectivity index (χ2v) is 8.26. The van der Waals surface area contributed by atoms with Gasteiger partial charge in [-0.2, -0.15) is 5.10 Å². The largest absolute Gasteiger partial charge is 0.383 e. The van der Waals surface area contributed by atoms with Crippen LogP contribution in [0.3, 0.4) is 0 Å². The Morgan fingerprint density at radius 3 is 2.75 bits per heavy atom. The molecular weight excluding hydrogens is 378 g/mol. The summed E-state index contributed by atoms with van der Waals surface area (Å²) >= 11 is 1.45. The predicted molar refractivity (Wildman–Crippen MR) is 109 cm³/mol. The van der Waals surface area contributed by atoms with E-state index in [9.17, 15) is 9.59 Å². The third-order valence-corrected chi connectivity index (χ3v) is 5.73. The third-order valence-electron chi connectivity index (χ3n) is 4.71. The van der Waals surface area contributed by atoms with Crippen LogP contribution in [0.4, 0.5) is 5.13 Å². The number of carbonyl (C=O) groups excluding carboxylic acids is 2. The van der Waals surface area contributed by atoms with Crippen LogP contribution in [0.25, 0.3) is 10.6 Å². The summed E-state index contributed by atoms with van der Waals surface area (Å²) in [6, 6.07) is 0.0943. The molecule has 0 spiro atoms. The molecule has 3 rings (SSSR count). The number of thiazole rings is 1. The van der Waals surface area contributed by atoms with Gasteiger partial charge in [-0.1, -0.05) is 11.3 Å². The van der Waals surface area contributed by atoms with Gasteiger partial charge >= 0.3 is 0 Å². The van der Waals surface area contributed by atoms with E-state index in [0.29, 0.717) is 24.0 Å². The van der Waals surface area contributed by atoms with E-state index in [4.69, 9.17) is 9.84 Å². The number of aromatic nitrogens is 3. The SMILES string of the molecule is COCCN(C)C(=O)c1nn(C(C)C)c2c1CCCc1nc(NC(C)=O)sc1-2. The highest BCUT2D eigenvalue weighted by Gasteiger charge is 2.31. The molecule has 152 valence electrons. The molecule has 0 aliphatic heterocycles. The molecule has 0 fully saturated rings. The Bertz CT molecular complexity index is 887. The van der Waals surface area contributed by atoms with Crippen LogP contribution in [-0.4, -0.2) is 58.8 Å². The highest BCUT2D eigenvalue weighted by molar-refractivity contribution is 7.19. The molecule has 1 N–H and O–H groups in total. The molecule has 28 heavy (non-hydrogen) atoms. The lowest BCUT2D eigenvalue weighted by atomic mass is 10.1. The molecule has 9 heteroatoms. The van der Waals surface area contributed by atoms with Gasteiger partial charge in [-0.05, 0) is 33.1 Å². The number of fused-ring (bicyclic) bond motifs is 3. The molecule has 0 unspecified atom stereocenters. The summed E-state index contributed by atoms with van der Waals surface area (Å²) in [5.41, 5.74) is 3.39. The van der Waals surface area contributed by atoms with E-state index in [2.05, 4.69) is 24.1 Å². The number of aryl methyl sites for hydroxylation is 1. The van der Waals surface area contributed by atoms with E-state index in [1.807, 2.05) is 4.68 Å². The molecule has 2 heterocycles. The Morgan fingerprint density at radius 1 is 1.36 bits per heavy atom. The van der Waals surface area contributed by atoms with Crippen LogP contribution >= 0.6 is 11.3 Å². The second-order valence-electron chi connectivity index (χ2n) is 7.26. The zero-order valence-corrected chi connectivity index (χ0v) is 17.9. The predicted octanol–water partition coefficient (Wildman–Crippen LogP) is 2.75. The first-order chi connectivity index (χ1) is 13.3. The quantitative estimate of drug-likeness (QED) is 0.798. The van der Waals surface area contributed by atoms with Crippen molar-refractivity contribution in [1.82, 2.24) is 19.7 Å². The smallest absolute Gasteiger partial charge is 0.274 e. The van der Waals surface area contributed by atoms with Gasteiger partial charge in [0.15, 0.2) is 10.8 Å². The van der Waals surface area contributed by atoms with Gasteiger partial charge in [-0.3, -0.25) is 14.3 Å². The van der Waals surface area contributed by atoms with E-state index in [0.717, 1.165) is 41.1 Å². The molecule has 1 aliphatic carbocycles. The van der Waals surface area contributed by atoms with Crippen molar-refractivity contribution < 1.29 is 14.3 Å². The van der Waals surface area contributed by atoms with Gasteiger partial charge in [-0.25, -0.2) is 4.98 Å². The summed E-state index contributed by atoms with van der Waals surface area (Å²) in [7, 11) is 3.39. The maximum Gasteiger partial charge on any atom is 0.274 e. The first kappa shape index (κ1) is 20.5. The lowest BCUT2D eigenvalue weighted by molar-refractivity contribution is -0.114. The van der Waals surface area contributed by atoms with Crippen molar-refractivity contribution in [1.29, 1.82) is 0 Å². The minimum atomic E-state index is -0.142. The van der Waals surface area contributed by atoms with Gasteiger partial charge in [0.25, 0.3) is 5.91 Å². The van der Waals surface area contributed by atoms with Gasteiger partial charge in [0, 0.05) is 39.2 Å². The molecular formula is C19H27N5O3S. The Labute approximate surface area is 168 Å². The first-order valence-corrected chi connectivity index (χ1v) is 10.3. The number of nitrogens with zero attached hydrogens (tertiary/aromatic N) is 4.